The lowest BCUT2D eigenvalue weighted by Gasteiger charge is -2.26. The first-order valence-electron chi connectivity index (χ1n) is 12.5. The van der Waals surface area contributed by atoms with Crippen molar-refractivity contribution in [3.05, 3.63) is 71.6 Å². The van der Waals surface area contributed by atoms with Gasteiger partial charge in [0.05, 0.1) is 6.26 Å². The van der Waals surface area contributed by atoms with Gasteiger partial charge in [0.15, 0.2) is 0 Å². The van der Waals surface area contributed by atoms with Gasteiger partial charge in [0.25, 0.3) is 0 Å². The largest absolute Gasteiger partial charge is 0.492 e. The van der Waals surface area contributed by atoms with Crippen LogP contribution in [0.2, 0.25) is 0 Å². The van der Waals surface area contributed by atoms with Crippen molar-refractivity contribution in [2.75, 3.05) is 32.5 Å². The van der Waals surface area contributed by atoms with Gasteiger partial charge < -0.3 is 13.7 Å². The van der Waals surface area contributed by atoms with E-state index in [2.05, 4.69) is 24.0 Å². The summed E-state index contributed by atoms with van der Waals surface area (Å²) in [5.41, 5.74) is 0.976. The van der Waals surface area contributed by atoms with Crippen LogP contribution in [0.25, 0.3) is 21.2 Å². The van der Waals surface area contributed by atoms with Crippen molar-refractivity contribution in [1.29, 1.82) is 0 Å². The van der Waals surface area contributed by atoms with Crippen molar-refractivity contribution in [3.63, 3.8) is 0 Å². The first-order chi connectivity index (χ1) is 17.8. The number of thiophene rings is 1. The Morgan fingerprint density at radius 3 is 2.30 bits per heavy atom. The highest BCUT2D eigenvalue weighted by Crippen LogP contribution is 2.43. The van der Waals surface area contributed by atoms with Crippen LogP contribution < -0.4 is 13.7 Å². The first kappa shape index (κ1) is 25.6. The van der Waals surface area contributed by atoms with Crippen LogP contribution in [-0.4, -0.2) is 45.8 Å². The van der Waals surface area contributed by atoms with E-state index in [1.807, 2.05) is 42.5 Å². The molecule has 0 bridgehead atoms. The zero-order valence-electron chi connectivity index (χ0n) is 21.1. The minimum atomic E-state index is -3.61. The molecule has 0 N–H and O–H groups in total. The van der Waals surface area contributed by atoms with Crippen LogP contribution in [0.3, 0.4) is 0 Å². The molecule has 3 aromatic carbocycles. The van der Waals surface area contributed by atoms with Gasteiger partial charge in [-0.3, -0.25) is 4.90 Å². The second kappa shape index (κ2) is 11.1. The minimum absolute atomic E-state index is 0.270. The summed E-state index contributed by atoms with van der Waals surface area (Å²) in [6.45, 7) is 6.02. The fraction of sp³-hybridized carbons (Fsp3) is 0.310. The molecule has 2 heterocycles. The summed E-state index contributed by atoms with van der Waals surface area (Å²) in [5.74, 6) is 2.50. The fourth-order valence-electron chi connectivity index (χ4n) is 4.59. The van der Waals surface area contributed by atoms with Gasteiger partial charge in [-0.15, -0.1) is 11.3 Å². The van der Waals surface area contributed by atoms with E-state index < -0.39 is 10.1 Å². The molecule has 8 heteroatoms. The Morgan fingerprint density at radius 2 is 1.59 bits per heavy atom. The molecule has 0 unspecified atom stereocenters. The summed E-state index contributed by atoms with van der Waals surface area (Å²) < 4.78 is 40.7. The first-order valence-corrected chi connectivity index (χ1v) is 15.1. The van der Waals surface area contributed by atoms with Crippen LogP contribution in [0.5, 0.6) is 23.0 Å². The maximum Gasteiger partial charge on any atom is 0.306 e. The van der Waals surface area contributed by atoms with Gasteiger partial charge in [-0.2, -0.15) is 8.42 Å². The molecule has 6 nitrogen and oxygen atoms in total. The molecule has 0 saturated carbocycles. The third kappa shape index (κ3) is 6.63. The van der Waals surface area contributed by atoms with Gasteiger partial charge in [-0.25, -0.2) is 0 Å². The van der Waals surface area contributed by atoms with Gasteiger partial charge in [0.1, 0.15) is 29.6 Å². The van der Waals surface area contributed by atoms with E-state index in [0.29, 0.717) is 18.1 Å². The molecule has 1 fully saturated rings. The van der Waals surface area contributed by atoms with E-state index in [-0.39, 0.29) is 5.75 Å². The smallest absolute Gasteiger partial charge is 0.306 e. The van der Waals surface area contributed by atoms with E-state index in [0.717, 1.165) is 52.9 Å². The Hall–Kier alpha value is -3.07. The van der Waals surface area contributed by atoms with Crippen molar-refractivity contribution < 1.29 is 22.1 Å². The Bertz CT molecular complexity index is 1470. The normalized spacial score (nSPS) is 14.5. The van der Waals surface area contributed by atoms with Crippen LogP contribution in [0.1, 0.15) is 24.1 Å². The molecule has 5 rings (SSSR count). The SMILES string of the molecule is Cc1ccc(-c2ccc3cc(OS(C)(=O)=O)ccc3c2Oc2ccc(OCCN3CCCCC3)cc2)s1. The highest BCUT2D eigenvalue weighted by Gasteiger charge is 2.16. The van der Waals surface area contributed by atoms with Crippen LogP contribution >= 0.6 is 11.3 Å². The zero-order valence-corrected chi connectivity index (χ0v) is 22.7. The Kier molecular flexibility index (Phi) is 7.69. The lowest BCUT2D eigenvalue weighted by atomic mass is 10.0. The molecule has 4 aromatic rings. The van der Waals surface area contributed by atoms with E-state index in [9.17, 15) is 8.42 Å². The fourth-order valence-corrected chi connectivity index (χ4v) is 5.93. The van der Waals surface area contributed by atoms with Gasteiger partial charge in [-0.05, 0) is 98.9 Å². The number of nitrogens with zero attached hydrogens (tertiary/aromatic N) is 1. The van der Waals surface area contributed by atoms with E-state index >= 15 is 0 Å². The highest BCUT2D eigenvalue weighted by atomic mass is 32.2. The van der Waals surface area contributed by atoms with Crippen LogP contribution in [-0.2, 0) is 10.1 Å². The third-order valence-electron chi connectivity index (χ3n) is 6.36. The molecule has 0 radical (unpaired) electrons. The standard InChI is InChI=1S/C29H31NO5S2/c1-21-6-15-28(36-21)27-13-7-22-20-25(35-37(2,31)32)12-14-26(22)29(27)34-24-10-8-23(9-11-24)33-19-18-30-16-4-3-5-17-30/h6-15,20H,3-5,16-19H2,1-2H3. The van der Waals surface area contributed by atoms with Crippen molar-refractivity contribution in [1.82, 2.24) is 4.90 Å². The number of benzene rings is 3. The van der Waals surface area contributed by atoms with Crippen LogP contribution in [0.4, 0.5) is 0 Å². The number of likely N-dealkylation sites (tertiary alicyclic amines) is 1. The molecule has 1 aromatic heterocycles. The summed E-state index contributed by atoms with van der Waals surface area (Å²) in [5, 5.41) is 1.69. The Balaban J connectivity index is 1.38. The lowest BCUT2D eigenvalue weighted by Crippen LogP contribution is -2.33. The summed E-state index contributed by atoms with van der Waals surface area (Å²) in [6, 6.07) is 21.1. The molecule has 1 aliphatic rings. The number of ether oxygens (including phenoxy) is 2. The number of rotatable bonds is 9. The molecule has 0 atom stereocenters. The summed E-state index contributed by atoms with van der Waals surface area (Å²) >= 11 is 1.70. The second-order valence-electron chi connectivity index (χ2n) is 9.35. The molecule has 1 aliphatic heterocycles. The number of aryl methyl sites for hydroxylation is 1. The van der Waals surface area contributed by atoms with Crippen molar-refractivity contribution in [2.45, 2.75) is 26.2 Å². The summed E-state index contributed by atoms with van der Waals surface area (Å²) in [4.78, 5) is 4.77. The predicted octanol–water partition coefficient (Wildman–Crippen LogP) is 6.87. The molecular weight excluding hydrogens is 506 g/mol. The van der Waals surface area contributed by atoms with Gasteiger partial charge >= 0.3 is 10.1 Å². The topological polar surface area (TPSA) is 65.1 Å². The van der Waals surface area contributed by atoms with Gasteiger partial charge in [-0.1, -0.05) is 12.5 Å². The Labute approximate surface area is 222 Å². The summed E-state index contributed by atoms with van der Waals surface area (Å²) in [7, 11) is -3.61. The van der Waals surface area contributed by atoms with Gasteiger partial charge in [0.2, 0.25) is 0 Å². The minimum Gasteiger partial charge on any atom is -0.492 e. The molecule has 37 heavy (non-hydrogen) atoms. The molecule has 0 amide bonds. The van der Waals surface area contributed by atoms with Crippen molar-refractivity contribution in [3.8, 4) is 33.4 Å². The molecular formula is C29H31NO5S2. The Morgan fingerprint density at radius 1 is 0.865 bits per heavy atom. The average molecular weight is 538 g/mol. The van der Waals surface area contributed by atoms with E-state index in [1.165, 1.54) is 24.1 Å². The van der Waals surface area contributed by atoms with Crippen LogP contribution in [0.15, 0.2) is 66.7 Å². The maximum absolute atomic E-state index is 11.6. The second-order valence-corrected chi connectivity index (χ2v) is 12.2. The van der Waals surface area contributed by atoms with Crippen molar-refractivity contribution >= 4 is 32.2 Å². The average Bonchev–Trinajstić information content (AvgIpc) is 3.31. The third-order valence-corrected chi connectivity index (χ3v) is 7.89. The molecule has 0 spiro atoms. The van der Waals surface area contributed by atoms with Gasteiger partial charge in [0, 0.05) is 27.2 Å². The van der Waals surface area contributed by atoms with Crippen molar-refractivity contribution in [2.24, 2.45) is 0 Å². The highest BCUT2D eigenvalue weighted by molar-refractivity contribution is 7.86. The number of hydrogen-bond acceptors (Lipinski definition) is 7. The molecule has 194 valence electrons. The predicted molar refractivity (Wildman–Crippen MR) is 150 cm³/mol. The zero-order chi connectivity index (χ0) is 25.8. The molecule has 0 aliphatic carbocycles. The monoisotopic (exact) mass is 537 g/mol. The van der Waals surface area contributed by atoms with E-state index in [4.69, 9.17) is 13.7 Å². The lowest BCUT2D eigenvalue weighted by molar-refractivity contribution is 0.183. The summed E-state index contributed by atoms with van der Waals surface area (Å²) in [6.07, 6.45) is 4.92. The maximum atomic E-state index is 11.6. The van der Waals surface area contributed by atoms with Crippen LogP contribution in [0, 0.1) is 6.92 Å². The quantitative estimate of drug-likeness (QED) is 0.217. The number of piperidine rings is 1. The number of hydrogen-bond donors (Lipinski definition) is 0. The molecule has 1 saturated heterocycles. The number of fused-ring (bicyclic) bond motifs is 1. The van der Waals surface area contributed by atoms with E-state index in [1.54, 1.807) is 23.5 Å².